The first kappa shape index (κ1) is 13.3. The van der Waals surface area contributed by atoms with E-state index in [2.05, 4.69) is 37.2 Å². The Morgan fingerprint density at radius 1 is 1.27 bits per heavy atom. The number of thioether (sulfide) groups is 1. The van der Waals surface area contributed by atoms with Crippen molar-refractivity contribution in [1.29, 1.82) is 0 Å². The number of nitrogens with one attached hydrogen (secondary N) is 1. The lowest BCUT2D eigenvalue weighted by atomic mass is 10.0. The van der Waals surface area contributed by atoms with Crippen LogP contribution in [0.1, 0.15) is 33.6 Å². The lowest BCUT2D eigenvalue weighted by Gasteiger charge is -2.36. The molecule has 1 N–H and O–H groups in total. The maximum Gasteiger partial charge on any atom is 0.0132 e. The molecule has 1 rings (SSSR count). The Morgan fingerprint density at radius 2 is 1.87 bits per heavy atom. The summed E-state index contributed by atoms with van der Waals surface area (Å²) in [5.41, 5.74) is 0. The molecule has 0 amide bonds. The Morgan fingerprint density at radius 3 is 2.33 bits per heavy atom. The van der Waals surface area contributed by atoms with Gasteiger partial charge >= 0.3 is 0 Å². The second kappa shape index (κ2) is 6.77. The normalized spacial score (nSPS) is 22.2. The fraction of sp³-hybridized carbons (Fsp3) is 1.00. The molecule has 0 aromatic heterocycles. The molecule has 1 saturated heterocycles. The summed E-state index contributed by atoms with van der Waals surface area (Å²) in [5.74, 6) is 1.23. The molecule has 0 aliphatic carbocycles. The third-order valence-corrected chi connectivity index (χ3v) is 4.03. The number of likely N-dealkylation sites (tertiary alicyclic amines) is 1. The first-order valence-electron chi connectivity index (χ1n) is 6.12. The minimum atomic E-state index is 0.663. The highest BCUT2D eigenvalue weighted by Gasteiger charge is 2.21. The van der Waals surface area contributed by atoms with Gasteiger partial charge in [-0.1, -0.05) is 0 Å². The SMILES string of the molecule is CSCC(C)NC1CCN(C(C)C)CC1. The maximum atomic E-state index is 3.73. The van der Waals surface area contributed by atoms with Crippen molar-refractivity contribution >= 4 is 11.8 Å². The lowest BCUT2D eigenvalue weighted by Crippen LogP contribution is -2.47. The van der Waals surface area contributed by atoms with Gasteiger partial charge in [-0.2, -0.15) is 11.8 Å². The summed E-state index contributed by atoms with van der Waals surface area (Å²) in [6.45, 7) is 9.42. The first-order valence-corrected chi connectivity index (χ1v) is 7.52. The van der Waals surface area contributed by atoms with E-state index >= 15 is 0 Å². The largest absolute Gasteiger partial charge is 0.311 e. The van der Waals surface area contributed by atoms with Crippen LogP contribution in [0.3, 0.4) is 0 Å². The smallest absolute Gasteiger partial charge is 0.0132 e. The van der Waals surface area contributed by atoms with Crippen LogP contribution in [0.2, 0.25) is 0 Å². The Kier molecular flexibility index (Phi) is 6.02. The van der Waals surface area contributed by atoms with Crippen LogP contribution in [-0.4, -0.2) is 48.1 Å². The molecule has 1 aliphatic rings. The van der Waals surface area contributed by atoms with E-state index < -0.39 is 0 Å². The summed E-state index contributed by atoms with van der Waals surface area (Å²) in [5, 5.41) is 3.73. The van der Waals surface area contributed by atoms with Gasteiger partial charge in [0.1, 0.15) is 0 Å². The summed E-state index contributed by atoms with van der Waals surface area (Å²) < 4.78 is 0. The molecule has 15 heavy (non-hydrogen) atoms. The summed E-state index contributed by atoms with van der Waals surface area (Å²) in [6, 6.07) is 2.13. The Hall–Kier alpha value is 0.270. The highest BCUT2D eigenvalue weighted by Crippen LogP contribution is 2.13. The van der Waals surface area contributed by atoms with Crippen LogP contribution >= 0.6 is 11.8 Å². The van der Waals surface area contributed by atoms with Gasteiger partial charge in [-0.15, -0.1) is 0 Å². The molecule has 0 saturated carbocycles. The molecule has 2 nitrogen and oxygen atoms in total. The van der Waals surface area contributed by atoms with Gasteiger partial charge in [-0.05, 0) is 53.0 Å². The van der Waals surface area contributed by atoms with Gasteiger partial charge in [0.05, 0.1) is 0 Å². The van der Waals surface area contributed by atoms with Crippen molar-refractivity contribution in [1.82, 2.24) is 10.2 Å². The number of rotatable bonds is 5. The summed E-state index contributed by atoms with van der Waals surface area (Å²) in [6.07, 6.45) is 4.81. The molecule has 0 bridgehead atoms. The minimum absolute atomic E-state index is 0.663. The van der Waals surface area contributed by atoms with Crippen molar-refractivity contribution < 1.29 is 0 Å². The Labute approximate surface area is 99.2 Å². The molecule has 0 radical (unpaired) electrons. The van der Waals surface area contributed by atoms with Crippen molar-refractivity contribution in [2.75, 3.05) is 25.1 Å². The average molecular weight is 230 g/mol. The Bertz CT molecular complexity index is 165. The third-order valence-electron chi connectivity index (χ3n) is 3.20. The van der Waals surface area contributed by atoms with E-state index in [9.17, 15) is 0 Å². The quantitative estimate of drug-likeness (QED) is 0.779. The summed E-state index contributed by atoms with van der Waals surface area (Å²) >= 11 is 1.93. The molecular weight excluding hydrogens is 204 g/mol. The van der Waals surface area contributed by atoms with Crippen LogP contribution in [0.15, 0.2) is 0 Å². The predicted octanol–water partition coefficient (Wildman–Crippen LogP) is 2.20. The van der Waals surface area contributed by atoms with Gasteiger partial charge in [0.2, 0.25) is 0 Å². The summed E-state index contributed by atoms with van der Waals surface area (Å²) in [7, 11) is 0. The molecule has 1 heterocycles. The first-order chi connectivity index (χ1) is 7.13. The molecule has 1 unspecified atom stereocenters. The van der Waals surface area contributed by atoms with Gasteiger partial charge in [0.25, 0.3) is 0 Å². The topological polar surface area (TPSA) is 15.3 Å². The van der Waals surface area contributed by atoms with E-state index in [0.717, 1.165) is 12.1 Å². The number of hydrogen-bond acceptors (Lipinski definition) is 3. The zero-order valence-electron chi connectivity index (χ0n) is 10.6. The molecule has 3 heteroatoms. The van der Waals surface area contributed by atoms with Crippen LogP contribution < -0.4 is 5.32 Å². The van der Waals surface area contributed by atoms with Crippen LogP contribution in [0.5, 0.6) is 0 Å². The van der Waals surface area contributed by atoms with Gasteiger partial charge in [0.15, 0.2) is 0 Å². The molecule has 0 aromatic carbocycles. The van der Waals surface area contributed by atoms with Crippen molar-refractivity contribution in [2.24, 2.45) is 0 Å². The van der Waals surface area contributed by atoms with E-state index in [4.69, 9.17) is 0 Å². The van der Waals surface area contributed by atoms with Crippen molar-refractivity contribution in [3.63, 3.8) is 0 Å². The molecule has 1 aliphatic heterocycles. The second-order valence-electron chi connectivity index (χ2n) is 4.93. The highest BCUT2D eigenvalue weighted by molar-refractivity contribution is 7.98. The van der Waals surface area contributed by atoms with E-state index in [0.29, 0.717) is 6.04 Å². The number of nitrogens with zero attached hydrogens (tertiary/aromatic N) is 1. The van der Waals surface area contributed by atoms with Gasteiger partial charge in [-0.3, -0.25) is 0 Å². The van der Waals surface area contributed by atoms with Crippen molar-refractivity contribution in [3.05, 3.63) is 0 Å². The minimum Gasteiger partial charge on any atom is -0.311 e. The van der Waals surface area contributed by atoms with E-state index in [1.165, 1.54) is 31.7 Å². The van der Waals surface area contributed by atoms with Crippen LogP contribution in [0, 0.1) is 0 Å². The third kappa shape index (κ3) is 4.75. The molecule has 90 valence electrons. The zero-order chi connectivity index (χ0) is 11.3. The molecule has 0 spiro atoms. The average Bonchev–Trinajstić information content (AvgIpc) is 2.18. The van der Waals surface area contributed by atoms with Crippen LogP contribution in [0.25, 0.3) is 0 Å². The lowest BCUT2D eigenvalue weighted by molar-refractivity contribution is 0.158. The highest BCUT2D eigenvalue weighted by atomic mass is 32.2. The fourth-order valence-corrected chi connectivity index (χ4v) is 2.88. The zero-order valence-corrected chi connectivity index (χ0v) is 11.4. The molecule has 1 atom stereocenters. The van der Waals surface area contributed by atoms with Gasteiger partial charge < -0.3 is 10.2 Å². The monoisotopic (exact) mass is 230 g/mol. The molecule has 1 fully saturated rings. The molecule has 0 aromatic rings. The van der Waals surface area contributed by atoms with E-state index in [-0.39, 0.29) is 0 Å². The van der Waals surface area contributed by atoms with Gasteiger partial charge in [0, 0.05) is 23.9 Å². The maximum absolute atomic E-state index is 3.73. The standard InChI is InChI=1S/C12H26N2S/c1-10(2)14-7-5-12(6-8-14)13-11(3)9-15-4/h10-13H,5-9H2,1-4H3. The predicted molar refractivity (Wildman–Crippen MR) is 70.7 cm³/mol. The van der Waals surface area contributed by atoms with Crippen molar-refractivity contribution in [2.45, 2.75) is 51.7 Å². The number of piperidine rings is 1. The fourth-order valence-electron chi connectivity index (χ4n) is 2.28. The second-order valence-corrected chi connectivity index (χ2v) is 5.84. The Balaban J connectivity index is 2.19. The van der Waals surface area contributed by atoms with Crippen molar-refractivity contribution in [3.8, 4) is 0 Å². The summed E-state index contributed by atoms with van der Waals surface area (Å²) in [4.78, 5) is 2.58. The van der Waals surface area contributed by atoms with E-state index in [1.807, 2.05) is 11.8 Å². The molecular formula is C12H26N2S. The van der Waals surface area contributed by atoms with Gasteiger partial charge in [-0.25, -0.2) is 0 Å². The number of hydrogen-bond donors (Lipinski definition) is 1. The van der Waals surface area contributed by atoms with E-state index in [1.54, 1.807) is 0 Å². The van der Waals surface area contributed by atoms with Crippen LogP contribution in [0.4, 0.5) is 0 Å². The van der Waals surface area contributed by atoms with Crippen LogP contribution in [-0.2, 0) is 0 Å².